The minimum absolute atomic E-state index is 0. The number of carbonyl (C=O) groups is 2. The molecule has 31 heavy (non-hydrogen) atoms. The fourth-order valence-electron chi connectivity index (χ4n) is 3.84. The third-order valence-electron chi connectivity index (χ3n) is 5.56. The molecule has 1 saturated carbocycles. The van der Waals surface area contributed by atoms with Crippen LogP contribution in [-0.4, -0.2) is 52.2 Å². The van der Waals surface area contributed by atoms with Gasteiger partial charge in [-0.3, -0.25) is 9.59 Å². The maximum Gasteiger partial charge on any atom is 0.341 e. The molecule has 1 aromatic heterocycles. The Morgan fingerprint density at radius 1 is 1.29 bits per heavy atom. The maximum absolute atomic E-state index is 14.9. The standard InChI is InChI=1S/C20H23FN4O4.ClH.H2O/c1-10(22)19(27)23-11-4-5-24(8-11)17-7-16-13(6-15(17)21)18(26)14(20(28)29)9-25(16)12-2-3-12;;/h6-7,9-12H,2-5,8,22H2,1H3,(H,23,27)(H,28,29);1H;1H2/t10-,11?;;/m0../s1. The molecule has 11 heteroatoms. The Morgan fingerprint density at radius 3 is 2.55 bits per heavy atom. The second-order valence-electron chi connectivity index (χ2n) is 7.87. The first kappa shape index (κ1) is 24.6. The first-order valence-electron chi connectivity index (χ1n) is 9.69. The van der Waals surface area contributed by atoms with E-state index in [-0.39, 0.29) is 46.8 Å². The molecule has 1 saturated heterocycles. The number of rotatable bonds is 5. The lowest BCUT2D eigenvalue weighted by Gasteiger charge is -2.22. The van der Waals surface area contributed by atoms with Crippen molar-refractivity contribution in [2.75, 3.05) is 18.0 Å². The molecule has 2 atom stereocenters. The summed E-state index contributed by atoms with van der Waals surface area (Å²) in [7, 11) is 0. The highest BCUT2D eigenvalue weighted by atomic mass is 35.5. The van der Waals surface area contributed by atoms with E-state index in [1.54, 1.807) is 17.6 Å². The molecular formula is C20H26ClFN4O5. The summed E-state index contributed by atoms with van der Waals surface area (Å²) in [6.45, 7) is 2.59. The van der Waals surface area contributed by atoms with Crippen LogP contribution >= 0.6 is 12.4 Å². The van der Waals surface area contributed by atoms with Crippen LogP contribution in [0.15, 0.2) is 23.1 Å². The van der Waals surface area contributed by atoms with Crippen LogP contribution in [-0.2, 0) is 4.79 Å². The zero-order valence-corrected chi connectivity index (χ0v) is 17.7. The molecular weight excluding hydrogens is 431 g/mol. The molecule has 0 radical (unpaired) electrons. The molecule has 2 heterocycles. The molecule has 2 aromatic rings. The fourth-order valence-corrected chi connectivity index (χ4v) is 3.84. The van der Waals surface area contributed by atoms with Crippen molar-refractivity contribution >= 4 is 40.9 Å². The number of benzene rings is 1. The van der Waals surface area contributed by atoms with Gasteiger partial charge in [0.05, 0.1) is 17.2 Å². The van der Waals surface area contributed by atoms with Crippen molar-refractivity contribution in [1.29, 1.82) is 0 Å². The van der Waals surface area contributed by atoms with Crippen molar-refractivity contribution in [1.82, 2.24) is 9.88 Å². The number of hydrogen-bond acceptors (Lipinski definition) is 5. The molecule has 6 N–H and O–H groups in total. The number of hydrogen-bond donors (Lipinski definition) is 3. The van der Waals surface area contributed by atoms with E-state index in [9.17, 15) is 23.9 Å². The third kappa shape index (κ3) is 4.65. The zero-order valence-electron chi connectivity index (χ0n) is 16.9. The van der Waals surface area contributed by atoms with Crippen LogP contribution in [0.25, 0.3) is 10.9 Å². The van der Waals surface area contributed by atoms with Gasteiger partial charge in [-0.2, -0.15) is 0 Å². The van der Waals surface area contributed by atoms with Crippen LogP contribution in [0.4, 0.5) is 10.1 Å². The lowest BCUT2D eigenvalue weighted by atomic mass is 10.1. The summed E-state index contributed by atoms with van der Waals surface area (Å²) in [5.41, 5.74) is 5.42. The van der Waals surface area contributed by atoms with E-state index in [1.807, 2.05) is 4.90 Å². The number of aromatic carboxylic acids is 1. The summed E-state index contributed by atoms with van der Waals surface area (Å²) in [6.07, 6.45) is 3.79. The zero-order chi connectivity index (χ0) is 20.9. The second kappa shape index (κ2) is 9.21. The quantitative estimate of drug-likeness (QED) is 0.606. The number of nitrogens with one attached hydrogen (secondary N) is 1. The fraction of sp³-hybridized carbons (Fsp3) is 0.450. The van der Waals surface area contributed by atoms with Gasteiger partial charge < -0.3 is 31.1 Å². The average molecular weight is 457 g/mol. The van der Waals surface area contributed by atoms with Gasteiger partial charge in [0.25, 0.3) is 0 Å². The highest BCUT2D eigenvalue weighted by Crippen LogP contribution is 2.38. The van der Waals surface area contributed by atoms with Gasteiger partial charge in [-0.25, -0.2) is 9.18 Å². The van der Waals surface area contributed by atoms with Crippen LogP contribution < -0.4 is 21.4 Å². The number of halogens is 2. The van der Waals surface area contributed by atoms with Crippen LogP contribution in [0, 0.1) is 5.82 Å². The molecule has 2 aliphatic rings. The van der Waals surface area contributed by atoms with Crippen LogP contribution in [0.3, 0.4) is 0 Å². The van der Waals surface area contributed by atoms with Crippen molar-refractivity contribution < 1.29 is 24.6 Å². The van der Waals surface area contributed by atoms with Crippen molar-refractivity contribution in [2.45, 2.75) is 44.3 Å². The Morgan fingerprint density at radius 2 is 1.97 bits per heavy atom. The average Bonchev–Trinajstić information content (AvgIpc) is 3.40. The summed E-state index contributed by atoms with van der Waals surface area (Å²) in [5.74, 6) is -2.15. The molecule has 1 amide bonds. The number of amides is 1. The number of carboxylic acids is 1. The summed E-state index contributed by atoms with van der Waals surface area (Å²) >= 11 is 0. The molecule has 0 bridgehead atoms. The molecule has 1 aliphatic heterocycles. The first-order chi connectivity index (χ1) is 13.8. The summed E-state index contributed by atoms with van der Waals surface area (Å²) < 4.78 is 16.7. The highest BCUT2D eigenvalue weighted by molar-refractivity contribution is 5.93. The Labute approximate surface area is 183 Å². The molecule has 1 aliphatic carbocycles. The number of carbonyl (C=O) groups excluding carboxylic acids is 1. The predicted molar refractivity (Wildman–Crippen MR) is 117 cm³/mol. The largest absolute Gasteiger partial charge is 0.477 e. The second-order valence-corrected chi connectivity index (χ2v) is 7.87. The number of anilines is 1. The van der Waals surface area contributed by atoms with E-state index in [0.29, 0.717) is 30.7 Å². The van der Waals surface area contributed by atoms with E-state index < -0.39 is 23.3 Å². The van der Waals surface area contributed by atoms with Gasteiger partial charge in [0, 0.05) is 36.8 Å². The molecule has 9 nitrogen and oxygen atoms in total. The van der Waals surface area contributed by atoms with Gasteiger partial charge in [-0.15, -0.1) is 12.4 Å². The minimum atomic E-state index is -1.32. The van der Waals surface area contributed by atoms with E-state index in [0.717, 1.165) is 18.9 Å². The maximum atomic E-state index is 14.9. The lowest BCUT2D eigenvalue weighted by molar-refractivity contribution is -0.122. The number of aromatic nitrogens is 1. The molecule has 1 unspecified atom stereocenters. The SMILES string of the molecule is C[C@H](N)C(=O)NC1CCN(c2cc3c(cc2F)c(=O)c(C(=O)O)cn3C2CC2)C1.Cl.O. The molecule has 1 aromatic carbocycles. The normalized spacial score (nSPS) is 18.8. The Balaban J connectivity index is 0.00000171. The Bertz CT molecular complexity index is 1070. The van der Waals surface area contributed by atoms with E-state index in [4.69, 9.17) is 5.73 Å². The van der Waals surface area contributed by atoms with Gasteiger partial charge in [-0.1, -0.05) is 0 Å². The Hall–Kier alpha value is -2.69. The molecule has 0 spiro atoms. The third-order valence-corrected chi connectivity index (χ3v) is 5.56. The number of nitrogens with zero attached hydrogens (tertiary/aromatic N) is 2. The summed E-state index contributed by atoms with van der Waals surface area (Å²) in [4.78, 5) is 37.6. The van der Waals surface area contributed by atoms with Gasteiger partial charge >= 0.3 is 5.97 Å². The number of nitrogens with two attached hydrogens (primary N) is 1. The van der Waals surface area contributed by atoms with Crippen LogP contribution in [0.2, 0.25) is 0 Å². The number of carboxylic acid groups (broad SMARTS) is 1. The van der Waals surface area contributed by atoms with Crippen molar-refractivity contribution in [3.63, 3.8) is 0 Å². The van der Waals surface area contributed by atoms with Crippen molar-refractivity contribution in [3.8, 4) is 0 Å². The smallest absolute Gasteiger partial charge is 0.341 e. The summed E-state index contributed by atoms with van der Waals surface area (Å²) in [6, 6.07) is 2.12. The van der Waals surface area contributed by atoms with Crippen LogP contribution in [0.5, 0.6) is 0 Å². The predicted octanol–water partition coefficient (Wildman–Crippen LogP) is 0.813. The van der Waals surface area contributed by atoms with E-state index in [1.165, 1.54) is 6.20 Å². The van der Waals surface area contributed by atoms with Crippen LogP contribution in [0.1, 0.15) is 42.6 Å². The Kier molecular flexibility index (Phi) is 7.30. The van der Waals surface area contributed by atoms with Gasteiger partial charge in [0.15, 0.2) is 0 Å². The van der Waals surface area contributed by atoms with E-state index in [2.05, 4.69) is 5.32 Å². The monoisotopic (exact) mass is 456 g/mol. The minimum Gasteiger partial charge on any atom is -0.477 e. The molecule has 170 valence electrons. The highest BCUT2D eigenvalue weighted by Gasteiger charge is 2.30. The lowest BCUT2D eigenvalue weighted by Crippen LogP contribution is -2.45. The molecule has 4 rings (SSSR count). The summed E-state index contributed by atoms with van der Waals surface area (Å²) in [5, 5.41) is 12.3. The number of pyridine rings is 1. The van der Waals surface area contributed by atoms with Crippen molar-refractivity contribution in [3.05, 3.63) is 39.9 Å². The topological polar surface area (TPSA) is 149 Å². The first-order valence-corrected chi connectivity index (χ1v) is 9.69. The molecule has 2 fully saturated rings. The van der Waals surface area contributed by atoms with Gasteiger partial charge in [-0.05, 0) is 38.3 Å². The van der Waals surface area contributed by atoms with Gasteiger partial charge in [0.1, 0.15) is 11.4 Å². The van der Waals surface area contributed by atoms with Gasteiger partial charge in [0.2, 0.25) is 11.3 Å². The van der Waals surface area contributed by atoms with Crippen molar-refractivity contribution in [2.24, 2.45) is 5.73 Å². The number of fused-ring (bicyclic) bond motifs is 1. The van der Waals surface area contributed by atoms with E-state index >= 15 is 0 Å².